The van der Waals surface area contributed by atoms with Gasteiger partial charge in [-0.25, -0.2) is 4.79 Å². The first-order chi connectivity index (χ1) is 10.2. The summed E-state index contributed by atoms with van der Waals surface area (Å²) < 4.78 is 6.57. The first-order valence-corrected chi connectivity index (χ1v) is 8.49. The lowest BCUT2D eigenvalue weighted by molar-refractivity contribution is 0.0139. The van der Waals surface area contributed by atoms with E-state index in [2.05, 4.69) is 46.0 Å². The molecule has 1 heterocycles. The van der Waals surface area contributed by atoms with E-state index in [-0.39, 0.29) is 6.09 Å². The minimum atomic E-state index is -0.427. The molecule has 0 radical (unpaired) electrons. The van der Waals surface area contributed by atoms with Crippen molar-refractivity contribution in [3.63, 3.8) is 0 Å². The van der Waals surface area contributed by atoms with E-state index in [1.165, 1.54) is 11.1 Å². The van der Waals surface area contributed by atoms with Crippen molar-refractivity contribution < 1.29 is 9.53 Å². The highest BCUT2D eigenvalue weighted by Crippen LogP contribution is 2.19. The highest BCUT2D eigenvalue weighted by molar-refractivity contribution is 9.10. The van der Waals surface area contributed by atoms with E-state index < -0.39 is 5.60 Å². The summed E-state index contributed by atoms with van der Waals surface area (Å²) in [7, 11) is 0. The average Bonchev–Trinajstić information content (AvgIpc) is 2.42. The Hall–Kier alpha value is -1.07. The molecule has 1 aliphatic heterocycles. The number of halogens is 1. The standard InChI is InChI=1S/C17H25BrN2O2/c1-13-11-14(5-6-15(13)18)12-19-7-9-20(10-8-19)16(21)22-17(2,3)4/h5-6,11H,7-10,12H2,1-4H3. The minimum absolute atomic E-state index is 0.202. The molecule has 0 atom stereocenters. The molecule has 1 aromatic rings. The summed E-state index contributed by atoms with van der Waals surface area (Å²) >= 11 is 3.53. The van der Waals surface area contributed by atoms with Gasteiger partial charge in [-0.15, -0.1) is 0 Å². The van der Waals surface area contributed by atoms with Gasteiger partial charge in [0.05, 0.1) is 0 Å². The Balaban J connectivity index is 1.84. The van der Waals surface area contributed by atoms with Crippen LogP contribution in [0, 0.1) is 6.92 Å². The van der Waals surface area contributed by atoms with Crippen LogP contribution in [0.1, 0.15) is 31.9 Å². The molecule has 0 unspecified atom stereocenters. The largest absolute Gasteiger partial charge is 0.444 e. The van der Waals surface area contributed by atoms with E-state index >= 15 is 0 Å². The van der Waals surface area contributed by atoms with Crippen LogP contribution in [-0.4, -0.2) is 47.7 Å². The second-order valence-corrected chi connectivity index (χ2v) is 7.68. The smallest absolute Gasteiger partial charge is 0.410 e. The van der Waals surface area contributed by atoms with Crippen molar-refractivity contribution in [2.75, 3.05) is 26.2 Å². The lowest BCUT2D eigenvalue weighted by Crippen LogP contribution is -2.49. The van der Waals surface area contributed by atoms with Crippen molar-refractivity contribution >= 4 is 22.0 Å². The normalized spacial score (nSPS) is 16.7. The van der Waals surface area contributed by atoms with E-state index in [0.717, 1.165) is 37.2 Å². The van der Waals surface area contributed by atoms with Crippen LogP contribution in [0.25, 0.3) is 0 Å². The Morgan fingerprint density at radius 2 is 1.86 bits per heavy atom. The number of amides is 1. The number of carbonyl (C=O) groups excluding carboxylic acids is 1. The predicted molar refractivity (Wildman–Crippen MR) is 92.0 cm³/mol. The van der Waals surface area contributed by atoms with Crippen molar-refractivity contribution in [3.05, 3.63) is 33.8 Å². The Labute approximate surface area is 141 Å². The van der Waals surface area contributed by atoms with Gasteiger partial charge in [-0.2, -0.15) is 0 Å². The molecule has 0 N–H and O–H groups in total. The number of benzene rings is 1. The van der Waals surface area contributed by atoms with Gasteiger partial charge < -0.3 is 9.64 Å². The average molecular weight is 369 g/mol. The van der Waals surface area contributed by atoms with Crippen molar-refractivity contribution in [1.82, 2.24) is 9.80 Å². The number of piperazine rings is 1. The zero-order valence-electron chi connectivity index (χ0n) is 13.9. The molecule has 5 heteroatoms. The van der Waals surface area contributed by atoms with Crippen molar-refractivity contribution in [1.29, 1.82) is 0 Å². The van der Waals surface area contributed by atoms with E-state index in [9.17, 15) is 4.79 Å². The van der Waals surface area contributed by atoms with E-state index in [0.29, 0.717) is 0 Å². The van der Waals surface area contributed by atoms with Crippen LogP contribution in [0.3, 0.4) is 0 Å². The maximum atomic E-state index is 12.0. The molecular formula is C17H25BrN2O2. The molecule has 0 aromatic heterocycles. The number of nitrogens with zero attached hydrogens (tertiary/aromatic N) is 2. The van der Waals surface area contributed by atoms with Crippen LogP contribution in [-0.2, 0) is 11.3 Å². The van der Waals surface area contributed by atoms with Gasteiger partial charge in [-0.3, -0.25) is 4.90 Å². The van der Waals surface area contributed by atoms with E-state index in [4.69, 9.17) is 4.74 Å². The summed E-state index contributed by atoms with van der Waals surface area (Å²) in [6.07, 6.45) is -0.202. The fourth-order valence-corrected chi connectivity index (χ4v) is 2.73. The van der Waals surface area contributed by atoms with Crippen LogP contribution < -0.4 is 0 Å². The first kappa shape index (κ1) is 17.3. The molecule has 0 bridgehead atoms. The van der Waals surface area contributed by atoms with Crippen molar-refractivity contribution in [2.45, 2.75) is 39.8 Å². The van der Waals surface area contributed by atoms with Gasteiger partial charge >= 0.3 is 6.09 Å². The molecule has 22 heavy (non-hydrogen) atoms. The van der Waals surface area contributed by atoms with Gasteiger partial charge in [0, 0.05) is 37.2 Å². The topological polar surface area (TPSA) is 32.8 Å². The summed E-state index contributed by atoms with van der Waals surface area (Å²) in [5.74, 6) is 0. The lowest BCUT2D eigenvalue weighted by atomic mass is 10.1. The van der Waals surface area contributed by atoms with Gasteiger partial charge in [0.2, 0.25) is 0 Å². The fraction of sp³-hybridized carbons (Fsp3) is 0.588. The highest BCUT2D eigenvalue weighted by atomic mass is 79.9. The molecule has 1 fully saturated rings. The van der Waals surface area contributed by atoms with Crippen LogP contribution in [0.5, 0.6) is 0 Å². The number of ether oxygens (including phenoxy) is 1. The SMILES string of the molecule is Cc1cc(CN2CCN(C(=O)OC(C)(C)C)CC2)ccc1Br. The van der Waals surface area contributed by atoms with Crippen molar-refractivity contribution in [3.8, 4) is 0 Å². The second kappa shape index (κ2) is 7.01. The monoisotopic (exact) mass is 368 g/mol. The van der Waals surface area contributed by atoms with Crippen LogP contribution in [0.4, 0.5) is 4.79 Å². The third-order valence-electron chi connectivity index (χ3n) is 3.65. The molecular weight excluding hydrogens is 344 g/mol. The number of rotatable bonds is 2. The summed E-state index contributed by atoms with van der Waals surface area (Å²) in [4.78, 5) is 16.2. The van der Waals surface area contributed by atoms with E-state index in [1.807, 2.05) is 20.8 Å². The molecule has 0 saturated carbocycles. The van der Waals surface area contributed by atoms with Gasteiger partial charge in [0.15, 0.2) is 0 Å². The third kappa shape index (κ3) is 4.99. The molecule has 1 aliphatic rings. The predicted octanol–water partition coefficient (Wildman–Crippen LogP) is 3.81. The Morgan fingerprint density at radius 3 is 2.41 bits per heavy atom. The highest BCUT2D eigenvalue weighted by Gasteiger charge is 2.25. The van der Waals surface area contributed by atoms with Gasteiger partial charge in [0.1, 0.15) is 5.60 Å². The Bertz CT molecular complexity index is 532. The summed E-state index contributed by atoms with van der Waals surface area (Å²) in [5.41, 5.74) is 2.14. The Morgan fingerprint density at radius 1 is 1.23 bits per heavy atom. The van der Waals surface area contributed by atoms with Gasteiger partial charge in [0.25, 0.3) is 0 Å². The van der Waals surface area contributed by atoms with Gasteiger partial charge in [-0.05, 0) is 44.9 Å². The van der Waals surface area contributed by atoms with Crippen LogP contribution in [0.2, 0.25) is 0 Å². The zero-order valence-corrected chi connectivity index (χ0v) is 15.4. The van der Waals surface area contributed by atoms with Crippen LogP contribution >= 0.6 is 15.9 Å². The molecule has 4 nitrogen and oxygen atoms in total. The zero-order chi connectivity index (χ0) is 16.3. The summed E-state index contributed by atoms with van der Waals surface area (Å²) in [5, 5.41) is 0. The van der Waals surface area contributed by atoms with E-state index in [1.54, 1.807) is 4.90 Å². The number of hydrogen-bond acceptors (Lipinski definition) is 3. The molecule has 0 spiro atoms. The first-order valence-electron chi connectivity index (χ1n) is 7.70. The Kier molecular flexibility index (Phi) is 5.50. The van der Waals surface area contributed by atoms with Gasteiger partial charge in [-0.1, -0.05) is 28.1 Å². The fourth-order valence-electron chi connectivity index (χ4n) is 2.48. The molecule has 1 amide bonds. The molecule has 122 valence electrons. The maximum Gasteiger partial charge on any atom is 0.410 e. The molecule has 1 aromatic carbocycles. The quantitative estimate of drug-likeness (QED) is 0.795. The molecule has 0 aliphatic carbocycles. The lowest BCUT2D eigenvalue weighted by Gasteiger charge is -2.35. The van der Waals surface area contributed by atoms with Crippen molar-refractivity contribution in [2.24, 2.45) is 0 Å². The second-order valence-electron chi connectivity index (χ2n) is 6.83. The molecule has 2 rings (SSSR count). The number of hydrogen-bond donors (Lipinski definition) is 0. The summed E-state index contributed by atoms with van der Waals surface area (Å²) in [6, 6.07) is 6.46. The maximum absolute atomic E-state index is 12.0. The van der Waals surface area contributed by atoms with Crippen LogP contribution in [0.15, 0.2) is 22.7 Å². The molecule has 1 saturated heterocycles. The number of aryl methyl sites for hydroxylation is 1. The summed E-state index contributed by atoms with van der Waals surface area (Å²) in [6.45, 7) is 12.0. The minimum Gasteiger partial charge on any atom is -0.444 e. The third-order valence-corrected chi connectivity index (χ3v) is 4.54. The number of carbonyl (C=O) groups is 1.